The molecule has 0 spiro atoms. The number of carbonyl (C=O) groups excluding carboxylic acids is 1. The van der Waals surface area contributed by atoms with Crippen LogP contribution in [0.1, 0.15) is 43.5 Å². The van der Waals surface area contributed by atoms with Crippen molar-refractivity contribution in [2.75, 3.05) is 6.54 Å². The number of ether oxygens (including phenoxy) is 1. The zero-order valence-electron chi connectivity index (χ0n) is 14.3. The van der Waals surface area contributed by atoms with E-state index in [1.54, 1.807) is 12.5 Å². The first-order valence-electron chi connectivity index (χ1n) is 7.64. The fraction of sp³-hybridized carbons (Fsp3) is 0.562. The molecule has 0 bridgehead atoms. The summed E-state index contributed by atoms with van der Waals surface area (Å²) in [6.07, 6.45) is 3.83. The van der Waals surface area contributed by atoms with Crippen molar-refractivity contribution in [3.05, 3.63) is 35.2 Å². The predicted octanol–water partition coefficient (Wildman–Crippen LogP) is 2.60. The topological polar surface area (TPSA) is 82.2 Å². The van der Waals surface area contributed by atoms with Gasteiger partial charge in [-0.25, -0.2) is 9.78 Å². The third-order valence-corrected chi connectivity index (χ3v) is 3.36. The van der Waals surface area contributed by atoms with Gasteiger partial charge in [0.2, 0.25) is 0 Å². The van der Waals surface area contributed by atoms with E-state index in [1.165, 1.54) is 0 Å². The number of amides is 1. The zero-order valence-corrected chi connectivity index (χ0v) is 14.3. The molecule has 1 N–H and O–H groups in total. The minimum Gasteiger partial charge on any atom is -0.444 e. The Labute approximate surface area is 136 Å². The van der Waals surface area contributed by atoms with Gasteiger partial charge in [-0.3, -0.25) is 0 Å². The van der Waals surface area contributed by atoms with E-state index in [9.17, 15) is 4.79 Å². The molecule has 7 heteroatoms. The van der Waals surface area contributed by atoms with Crippen LogP contribution in [-0.4, -0.2) is 32.9 Å². The average Bonchev–Trinajstić information content (AvgIpc) is 2.99. The summed E-state index contributed by atoms with van der Waals surface area (Å²) in [5.74, 6) is 0.814. The molecule has 0 aliphatic heterocycles. The molecule has 0 fully saturated rings. The molecule has 23 heavy (non-hydrogen) atoms. The Balaban J connectivity index is 1.91. The fourth-order valence-corrected chi connectivity index (χ4v) is 2.20. The molecule has 2 rings (SSSR count). The maximum atomic E-state index is 11.6. The summed E-state index contributed by atoms with van der Waals surface area (Å²) in [6, 6.07) is 0. The molecular formula is C16H24N4O3. The van der Waals surface area contributed by atoms with Crippen molar-refractivity contribution >= 4 is 6.09 Å². The molecule has 2 aromatic rings. The zero-order chi connectivity index (χ0) is 17.0. The first-order chi connectivity index (χ1) is 10.8. The summed E-state index contributed by atoms with van der Waals surface area (Å²) >= 11 is 0. The first kappa shape index (κ1) is 17.1. The minimum atomic E-state index is -0.491. The molecule has 0 unspecified atom stereocenters. The Morgan fingerprint density at radius 2 is 2.13 bits per heavy atom. The van der Waals surface area contributed by atoms with Gasteiger partial charge in [-0.1, -0.05) is 5.16 Å². The smallest absolute Gasteiger partial charge is 0.407 e. The Bertz CT molecular complexity index is 648. The van der Waals surface area contributed by atoms with Gasteiger partial charge < -0.3 is 19.1 Å². The van der Waals surface area contributed by atoms with E-state index in [1.807, 2.05) is 39.2 Å². The lowest BCUT2D eigenvalue weighted by molar-refractivity contribution is 0.0528. The van der Waals surface area contributed by atoms with Crippen molar-refractivity contribution in [2.24, 2.45) is 0 Å². The number of imidazole rings is 1. The van der Waals surface area contributed by atoms with Crippen molar-refractivity contribution < 1.29 is 14.1 Å². The molecule has 0 aliphatic rings. The quantitative estimate of drug-likeness (QED) is 0.915. The molecule has 0 aromatic carbocycles. The van der Waals surface area contributed by atoms with E-state index in [4.69, 9.17) is 9.26 Å². The molecular weight excluding hydrogens is 296 g/mol. The van der Waals surface area contributed by atoms with Crippen LogP contribution in [0.15, 0.2) is 17.0 Å². The van der Waals surface area contributed by atoms with Gasteiger partial charge in [0.25, 0.3) is 0 Å². The van der Waals surface area contributed by atoms with Crippen LogP contribution < -0.4 is 5.32 Å². The number of carbonyl (C=O) groups is 1. The van der Waals surface area contributed by atoms with Gasteiger partial charge in [0.1, 0.15) is 11.4 Å². The third-order valence-electron chi connectivity index (χ3n) is 3.36. The van der Waals surface area contributed by atoms with E-state index in [0.29, 0.717) is 19.5 Å². The van der Waals surface area contributed by atoms with E-state index in [0.717, 1.165) is 22.7 Å². The number of rotatable bonds is 5. The summed E-state index contributed by atoms with van der Waals surface area (Å²) in [5.41, 5.74) is 2.48. The summed E-state index contributed by atoms with van der Waals surface area (Å²) < 4.78 is 12.4. The SMILES string of the molecule is Cc1noc(C)c1Cn1cncc1CCNC(=O)OC(C)(C)C. The van der Waals surface area contributed by atoms with Crippen LogP contribution in [0, 0.1) is 13.8 Å². The number of alkyl carbamates (subject to hydrolysis) is 1. The summed E-state index contributed by atoms with van der Waals surface area (Å²) in [7, 11) is 0. The van der Waals surface area contributed by atoms with Crippen LogP contribution in [0.2, 0.25) is 0 Å². The summed E-state index contributed by atoms with van der Waals surface area (Å²) in [6.45, 7) is 10.5. The van der Waals surface area contributed by atoms with Crippen molar-refractivity contribution in [3.8, 4) is 0 Å². The fourth-order valence-electron chi connectivity index (χ4n) is 2.20. The van der Waals surface area contributed by atoms with Gasteiger partial charge in [-0.05, 0) is 34.6 Å². The van der Waals surface area contributed by atoms with E-state index < -0.39 is 11.7 Å². The second-order valence-electron chi connectivity index (χ2n) is 6.49. The lowest BCUT2D eigenvalue weighted by Crippen LogP contribution is -2.33. The van der Waals surface area contributed by atoms with Gasteiger partial charge >= 0.3 is 6.09 Å². The van der Waals surface area contributed by atoms with E-state index in [-0.39, 0.29) is 0 Å². The third kappa shape index (κ3) is 4.84. The van der Waals surface area contributed by atoms with E-state index in [2.05, 4.69) is 15.5 Å². The lowest BCUT2D eigenvalue weighted by atomic mass is 10.2. The minimum absolute atomic E-state index is 0.408. The molecule has 126 valence electrons. The van der Waals surface area contributed by atoms with Gasteiger partial charge in [-0.2, -0.15) is 0 Å². The number of aryl methyl sites for hydroxylation is 2. The van der Waals surface area contributed by atoms with Crippen LogP contribution in [0.3, 0.4) is 0 Å². The number of nitrogens with zero attached hydrogens (tertiary/aromatic N) is 3. The van der Waals surface area contributed by atoms with Gasteiger partial charge in [0.05, 0.1) is 18.6 Å². The number of hydrogen-bond donors (Lipinski definition) is 1. The second kappa shape index (κ2) is 6.85. The van der Waals surface area contributed by atoms with Crippen molar-refractivity contribution in [1.29, 1.82) is 0 Å². The lowest BCUT2D eigenvalue weighted by Gasteiger charge is -2.19. The first-order valence-corrected chi connectivity index (χ1v) is 7.64. The normalized spacial score (nSPS) is 11.5. The van der Waals surface area contributed by atoms with Crippen LogP contribution in [0.4, 0.5) is 4.79 Å². The molecule has 0 saturated carbocycles. The molecule has 2 aromatic heterocycles. The predicted molar refractivity (Wildman–Crippen MR) is 85.2 cm³/mol. The molecule has 0 aliphatic carbocycles. The highest BCUT2D eigenvalue weighted by molar-refractivity contribution is 5.67. The highest BCUT2D eigenvalue weighted by Crippen LogP contribution is 2.15. The monoisotopic (exact) mass is 320 g/mol. The van der Waals surface area contributed by atoms with Crippen LogP contribution in [0.5, 0.6) is 0 Å². The van der Waals surface area contributed by atoms with Crippen molar-refractivity contribution in [3.63, 3.8) is 0 Å². The molecule has 0 saturated heterocycles. The van der Waals surface area contributed by atoms with Crippen molar-refractivity contribution in [2.45, 2.75) is 53.2 Å². The van der Waals surface area contributed by atoms with Gasteiger partial charge in [0, 0.05) is 30.4 Å². The summed E-state index contributed by atoms with van der Waals surface area (Å²) in [5, 5.41) is 6.72. The van der Waals surface area contributed by atoms with Crippen LogP contribution >= 0.6 is 0 Å². The largest absolute Gasteiger partial charge is 0.444 e. The number of aromatic nitrogens is 3. The van der Waals surface area contributed by atoms with Crippen LogP contribution in [0.25, 0.3) is 0 Å². The highest BCUT2D eigenvalue weighted by atomic mass is 16.6. The molecule has 1 amide bonds. The van der Waals surface area contributed by atoms with Crippen LogP contribution in [-0.2, 0) is 17.7 Å². The Morgan fingerprint density at radius 3 is 2.74 bits per heavy atom. The Morgan fingerprint density at radius 1 is 1.39 bits per heavy atom. The van der Waals surface area contributed by atoms with Gasteiger partial charge in [0.15, 0.2) is 0 Å². The molecule has 0 radical (unpaired) electrons. The summed E-state index contributed by atoms with van der Waals surface area (Å²) in [4.78, 5) is 15.8. The highest BCUT2D eigenvalue weighted by Gasteiger charge is 2.16. The standard InChI is InChI=1S/C16H24N4O3/c1-11-14(12(2)23-19-11)9-20-10-17-8-13(20)6-7-18-15(21)22-16(3,4)5/h8,10H,6-7,9H2,1-5H3,(H,18,21). The maximum absolute atomic E-state index is 11.6. The average molecular weight is 320 g/mol. The Hall–Kier alpha value is -2.31. The Kier molecular flexibility index (Phi) is 5.08. The van der Waals surface area contributed by atoms with E-state index >= 15 is 0 Å². The molecule has 0 atom stereocenters. The van der Waals surface area contributed by atoms with Gasteiger partial charge in [-0.15, -0.1) is 0 Å². The second-order valence-corrected chi connectivity index (χ2v) is 6.49. The number of nitrogens with one attached hydrogen (secondary N) is 1. The number of hydrogen-bond acceptors (Lipinski definition) is 5. The maximum Gasteiger partial charge on any atom is 0.407 e. The molecule has 7 nitrogen and oxygen atoms in total. The van der Waals surface area contributed by atoms with Crippen molar-refractivity contribution in [1.82, 2.24) is 20.0 Å². The molecule has 2 heterocycles.